The van der Waals surface area contributed by atoms with E-state index in [2.05, 4.69) is 30.9 Å². The number of fused-ring (bicyclic) bond motifs is 2. The van der Waals surface area contributed by atoms with E-state index < -0.39 is 17.5 Å². The SMILES string of the molecule is CC(C)(C)OC(=O)c1ccc(N/C(=C2\C(=O)Nc3cc(NC(=O)c4nc5ccccc5[nH]4)ccc32)c2ccccn2)cc1. The molecule has 0 unspecified atom stereocenters. The van der Waals surface area contributed by atoms with E-state index in [0.29, 0.717) is 50.7 Å². The van der Waals surface area contributed by atoms with Gasteiger partial charge in [0.1, 0.15) is 5.60 Å². The molecule has 4 N–H and O–H groups in total. The van der Waals surface area contributed by atoms with Crippen LogP contribution in [0.3, 0.4) is 0 Å². The molecule has 0 bridgehead atoms. The second-order valence-electron chi connectivity index (χ2n) is 10.9. The molecule has 0 fully saturated rings. The number of hydrogen-bond donors (Lipinski definition) is 4. The van der Waals surface area contributed by atoms with E-state index in [4.69, 9.17) is 4.74 Å². The number of carbonyl (C=O) groups is 3. The van der Waals surface area contributed by atoms with Crippen LogP contribution in [-0.4, -0.2) is 38.3 Å². The zero-order valence-electron chi connectivity index (χ0n) is 23.7. The van der Waals surface area contributed by atoms with Gasteiger partial charge in [0.25, 0.3) is 11.8 Å². The Morgan fingerprint density at radius 1 is 0.860 bits per heavy atom. The number of anilines is 3. The van der Waals surface area contributed by atoms with E-state index in [-0.39, 0.29) is 11.7 Å². The molecular formula is C33H28N6O4. The number of para-hydroxylation sites is 2. The molecule has 3 heterocycles. The average molecular weight is 573 g/mol. The number of esters is 1. The van der Waals surface area contributed by atoms with Crippen LogP contribution >= 0.6 is 0 Å². The first-order chi connectivity index (χ1) is 20.6. The topological polar surface area (TPSA) is 138 Å². The van der Waals surface area contributed by atoms with E-state index in [1.54, 1.807) is 60.8 Å². The van der Waals surface area contributed by atoms with Crippen molar-refractivity contribution >= 4 is 57.1 Å². The molecule has 3 aromatic carbocycles. The molecule has 0 radical (unpaired) electrons. The zero-order valence-corrected chi connectivity index (χ0v) is 23.7. The number of aromatic nitrogens is 3. The molecule has 0 saturated carbocycles. The molecule has 2 aromatic heterocycles. The third-order valence-corrected chi connectivity index (χ3v) is 6.59. The van der Waals surface area contributed by atoms with Crippen molar-refractivity contribution in [2.24, 2.45) is 0 Å². The number of amides is 2. The van der Waals surface area contributed by atoms with E-state index in [1.807, 2.05) is 51.1 Å². The van der Waals surface area contributed by atoms with E-state index in [1.165, 1.54) is 0 Å². The van der Waals surface area contributed by atoms with Gasteiger partial charge in [0, 0.05) is 23.1 Å². The molecule has 6 rings (SSSR count). The van der Waals surface area contributed by atoms with Crippen molar-refractivity contribution < 1.29 is 19.1 Å². The minimum absolute atomic E-state index is 0.186. The van der Waals surface area contributed by atoms with Crippen LogP contribution in [-0.2, 0) is 9.53 Å². The smallest absolute Gasteiger partial charge is 0.338 e. The first-order valence-electron chi connectivity index (χ1n) is 13.6. The fourth-order valence-electron chi connectivity index (χ4n) is 4.69. The number of rotatable bonds is 6. The first kappa shape index (κ1) is 27.4. The van der Waals surface area contributed by atoms with Crippen LogP contribution in [0.1, 0.15) is 53.0 Å². The molecule has 0 aliphatic carbocycles. The molecule has 5 aromatic rings. The number of nitrogens with zero attached hydrogens (tertiary/aromatic N) is 2. The number of H-pyrrole nitrogens is 1. The van der Waals surface area contributed by atoms with E-state index in [9.17, 15) is 14.4 Å². The maximum Gasteiger partial charge on any atom is 0.338 e. The van der Waals surface area contributed by atoms with Crippen molar-refractivity contribution in [2.75, 3.05) is 16.0 Å². The predicted molar refractivity (Wildman–Crippen MR) is 165 cm³/mol. The minimum atomic E-state index is -0.607. The largest absolute Gasteiger partial charge is 0.456 e. The van der Waals surface area contributed by atoms with E-state index in [0.717, 1.165) is 5.52 Å². The van der Waals surface area contributed by atoms with Crippen molar-refractivity contribution in [1.82, 2.24) is 15.0 Å². The summed E-state index contributed by atoms with van der Waals surface area (Å²) in [7, 11) is 0. The van der Waals surface area contributed by atoms with Crippen molar-refractivity contribution in [3.63, 3.8) is 0 Å². The summed E-state index contributed by atoms with van der Waals surface area (Å²) in [6.07, 6.45) is 1.65. The van der Waals surface area contributed by atoms with Crippen LogP contribution in [0.5, 0.6) is 0 Å². The number of nitrogens with one attached hydrogen (secondary N) is 4. The second kappa shape index (κ2) is 10.9. The lowest BCUT2D eigenvalue weighted by atomic mass is 10.0. The Balaban J connectivity index is 1.30. The number of pyridine rings is 1. The van der Waals surface area contributed by atoms with Gasteiger partial charge in [0.2, 0.25) is 0 Å². The van der Waals surface area contributed by atoms with Crippen LogP contribution < -0.4 is 16.0 Å². The molecule has 1 aliphatic rings. The maximum absolute atomic E-state index is 13.4. The van der Waals surface area contributed by atoms with Crippen molar-refractivity contribution in [2.45, 2.75) is 26.4 Å². The molecule has 0 saturated heterocycles. The van der Waals surface area contributed by atoms with Gasteiger partial charge in [-0.2, -0.15) is 0 Å². The summed E-state index contributed by atoms with van der Waals surface area (Å²) in [5.41, 5.74) is 5.02. The highest BCUT2D eigenvalue weighted by molar-refractivity contribution is 6.37. The second-order valence-corrected chi connectivity index (χ2v) is 10.9. The summed E-state index contributed by atoms with van der Waals surface area (Å²) in [5, 5.41) is 9.07. The molecule has 214 valence electrons. The monoisotopic (exact) mass is 572 g/mol. The summed E-state index contributed by atoms with van der Waals surface area (Å²) in [5.74, 6) is -0.962. The Morgan fingerprint density at radius 3 is 2.33 bits per heavy atom. The normalized spacial score (nSPS) is 13.7. The summed E-state index contributed by atoms with van der Waals surface area (Å²) < 4.78 is 5.46. The Morgan fingerprint density at radius 2 is 1.60 bits per heavy atom. The lowest BCUT2D eigenvalue weighted by Gasteiger charge is -2.19. The maximum atomic E-state index is 13.4. The predicted octanol–water partition coefficient (Wildman–Crippen LogP) is 6.10. The Bertz CT molecular complexity index is 1870. The minimum Gasteiger partial charge on any atom is -0.456 e. The number of aromatic amines is 1. The van der Waals surface area contributed by atoms with Crippen LogP contribution in [0, 0.1) is 0 Å². The summed E-state index contributed by atoms with van der Waals surface area (Å²) in [4.78, 5) is 50.6. The van der Waals surface area contributed by atoms with Gasteiger partial charge in [-0.15, -0.1) is 0 Å². The molecule has 43 heavy (non-hydrogen) atoms. The standard InChI is InChI=1S/C33H28N6O4/c1-33(2,3)43-32(42)19-11-13-20(14-12-19)35-28(25-10-6-7-17-34-25)27-22-16-15-21(18-26(22)39-30(27)40)36-31(41)29-37-23-8-4-5-9-24(23)38-29/h4-18,35H,1-3H3,(H,36,41)(H,37,38)(H,39,40)/b28-27-. The average Bonchev–Trinajstić information content (AvgIpc) is 3.56. The summed E-state index contributed by atoms with van der Waals surface area (Å²) in [6.45, 7) is 5.44. The molecule has 10 heteroatoms. The number of ether oxygens (including phenoxy) is 1. The number of imidazole rings is 1. The number of benzene rings is 3. The number of carbonyl (C=O) groups excluding carboxylic acids is 3. The van der Waals surface area contributed by atoms with Crippen LogP contribution in [0.2, 0.25) is 0 Å². The molecule has 2 amide bonds. The van der Waals surface area contributed by atoms with Crippen LogP contribution in [0.15, 0.2) is 91.1 Å². The fraction of sp³-hybridized carbons (Fsp3) is 0.121. The zero-order chi connectivity index (χ0) is 30.1. The third kappa shape index (κ3) is 5.84. The molecule has 10 nitrogen and oxygen atoms in total. The lowest BCUT2D eigenvalue weighted by Crippen LogP contribution is -2.23. The van der Waals surface area contributed by atoms with Gasteiger partial charge < -0.3 is 25.7 Å². The molecule has 0 atom stereocenters. The van der Waals surface area contributed by atoms with Gasteiger partial charge in [0.05, 0.1) is 39.2 Å². The van der Waals surface area contributed by atoms with Gasteiger partial charge in [-0.1, -0.05) is 18.2 Å². The first-order valence-corrected chi connectivity index (χ1v) is 13.6. The van der Waals surface area contributed by atoms with Crippen LogP contribution in [0.25, 0.3) is 22.3 Å². The van der Waals surface area contributed by atoms with E-state index >= 15 is 0 Å². The highest BCUT2D eigenvalue weighted by atomic mass is 16.6. The van der Waals surface area contributed by atoms with Crippen molar-refractivity contribution in [3.8, 4) is 0 Å². The lowest BCUT2D eigenvalue weighted by molar-refractivity contribution is -0.110. The van der Waals surface area contributed by atoms with Gasteiger partial charge in [0.15, 0.2) is 5.82 Å². The Labute approximate surface area is 247 Å². The van der Waals surface area contributed by atoms with Crippen molar-refractivity contribution in [3.05, 3.63) is 114 Å². The molecule has 1 aliphatic heterocycles. The Kier molecular flexibility index (Phi) is 6.95. The highest BCUT2D eigenvalue weighted by Crippen LogP contribution is 2.38. The van der Waals surface area contributed by atoms with Gasteiger partial charge in [-0.05, 0) is 87.5 Å². The Hall–Kier alpha value is -5.77. The molecular weight excluding hydrogens is 544 g/mol. The molecule has 0 spiro atoms. The van der Waals surface area contributed by atoms with Gasteiger partial charge in [-0.25, -0.2) is 9.78 Å². The van der Waals surface area contributed by atoms with Gasteiger partial charge in [-0.3, -0.25) is 14.6 Å². The van der Waals surface area contributed by atoms with Crippen molar-refractivity contribution in [1.29, 1.82) is 0 Å². The van der Waals surface area contributed by atoms with Gasteiger partial charge >= 0.3 is 5.97 Å². The quantitative estimate of drug-likeness (QED) is 0.143. The fourth-order valence-corrected chi connectivity index (χ4v) is 4.69. The summed E-state index contributed by atoms with van der Waals surface area (Å²) >= 11 is 0. The van der Waals surface area contributed by atoms with Crippen LogP contribution in [0.4, 0.5) is 17.1 Å². The summed E-state index contributed by atoms with van der Waals surface area (Å²) in [6, 6.07) is 24.8. The number of hydrogen-bond acceptors (Lipinski definition) is 7. The third-order valence-electron chi connectivity index (χ3n) is 6.59. The highest BCUT2D eigenvalue weighted by Gasteiger charge is 2.29.